The zero-order valence-corrected chi connectivity index (χ0v) is 10.4. The van der Waals surface area contributed by atoms with Gasteiger partial charge in [0.25, 0.3) is 5.91 Å². The summed E-state index contributed by atoms with van der Waals surface area (Å²) in [6.45, 7) is 1.94. The fourth-order valence-corrected chi connectivity index (χ4v) is 2.15. The summed E-state index contributed by atoms with van der Waals surface area (Å²) >= 11 is 6.26. The van der Waals surface area contributed by atoms with Crippen LogP contribution in [-0.4, -0.2) is 28.9 Å². The Labute approximate surface area is 98.9 Å². The molecule has 0 saturated carbocycles. The molecule has 0 aromatic carbocycles. The second kappa shape index (κ2) is 5.23. The van der Waals surface area contributed by atoms with Crippen molar-refractivity contribution in [3.63, 3.8) is 0 Å². The summed E-state index contributed by atoms with van der Waals surface area (Å²) in [6.07, 6.45) is 0.558. The van der Waals surface area contributed by atoms with Crippen molar-refractivity contribution in [3.05, 3.63) is 22.4 Å². The summed E-state index contributed by atoms with van der Waals surface area (Å²) in [6, 6.07) is 3.72. The van der Waals surface area contributed by atoms with Gasteiger partial charge in [0.05, 0.1) is 9.87 Å². The standard InChI is InChI=1S/C10H14N2OS2/c1-7(6-9(11)14)12(2)10(13)8-4-3-5-15-8/h3-5,7H,6H2,1-2H3,(H2,11,14). The summed E-state index contributed by atoms with van der Waals surface area (Å²) in [7, 11) is 1.77. The van der Waals surface area contributed by atoms with Gasteiger partial charge in [-0.3, -0.25) is 4.79 Å². The Hall–Kier alpha value is -0.940. The number of thiocarbonyl (C=S) groups is 1. The Bertz CT molecular complexity index is 348. The minimum absolute atomic E-state index is 0.0220. The first-order chi connectivity index (χ1) is 7.02. The van der Waals surface area contributed by atoms with Crippen LogP contribution in [0.1, 0.15) is 23.0 Å². The number of amides is 1. The molecular formula is C10H14N2OS2. The first-order valence-corrected chi connectivity index (χ1v) is 5.90. The van der Waals surface area contributed by atoms with Crippen LogP contribution >= 0.6 is 23.6 Å². The van der Waals surface area contributed by atoms with E-state index in [0.29, 0.717) is 11.4 Å². The Morgan fingerprint density at radius 2 is 2.40 bits per heavy atom. The molecule has 0 aliphatic rings. The number of thiophene rings is 1. The van der Waals surface area contributed by atoms with E-state index in [9.17, 15) is 4.79 Å². The minimum Gasteiger partial charge on any atom is -0.393 e. The van der Waals surface area contributed by atoms with E-state index < -0.39 is 0 Å². The average Bonchev–Trinajstić information content (AvgIpc) is 2.67. The maximum atomic E-state index is 11.9. The first-order valence-electron chi connectivity index (χ1n) is 4.61. The monoisotopic (exact) mass is 242 g/mol. The second-order valence-corrected chi connectivity index (χ2v) is 4.88. The summed E-state index contributed by atoms with van der Waals surface area (Å²) < 4.78 is 0. The van der Waals surface area contributed by atoms with Crippen LogP contribution in [0.15, 0.2) is 17.5 Å². The molecule has 0 radical (unpaired) electrons. The third kappa shape index (κ3) is 3.28. The van der Waals surface area contributed by atoms with Crippen LogP contribution in [0, 0.1) is 0 Å². The molecule has 0 saturated heterocycles. The Balaban J connectivity index is 2.64. The van der Waals surface area contributed by atoms with Crippen LogP contribution in [0.3, 0.4) is 0 Å². The van der Waals surface area contributed by atoms with E-state index in [0.717, 1.165) is 4.88 Å². The van der Waals surface area contributed by atoms with Crippen LogP contribution in [-0.2, 0) is 0 Å². The maximum absolute atomic E-state index is 11.9. The van der Waals surface area contributed by atoms with Crippen molar-refractivity contribution in [2.24, 2.45) is 5.73 Å². The zero-order chi connectivity index (χ0) is 11.4. The largest absolute Gasteiger partial charge is 0.393 e. The van der Waals surface area contributed by atoms with E-state index in [-0.39, 0.29) is 11.9 Å². The zero-order valence-electron chi connectivity index (χ0n) is 8.77. The van der Waals surface area contributed by atoms with Crippen LogP contribution < -0.4 is 5.73 Å². The summed E-state index contributed by atoms with van der Waals surface area (Å²) in [5.41, 5.74) is 5.45. The molecule has 82 valence electrons. The van der Waals surface area contributed by atoms with Crippen LogP contribution in [0.5, 0.6) is 0 Å². The van der Waals surface area contributed by atoms with Gasteiger partial charge >= 0.3 is 0 Å². The molecule has 15 heavy (non-hydrogen) atoms. The molecular weight excluding hydrogens is 228 g/mol. The van der Waals surface area contributed by atoms with E-state index in [2.05, 4.69) is 0 Å². The van der Waals surface area contributed by atoms with Crippen molar-refractivity contribution in [2.75, 3.05) is 7.05 Å². The van der Waals surface area contributed by atoms with Gasteiger partial charge in [0.15, 0.2) is 0 Å². The van der Waals surface area contributed by atoms with E-state index in [1.54, 1.807) is 11.9 Å². The van der Waals surface area contributed by atoms with Gasteiger partial charge in [0, 0.05) is 19.5 Å². The number of hydrogen-bond acceptors (Lipinski definition) is 3. The number of rotatable bonds is 4. The molecule has 1 aromatic heterocycles. The molecule has 1 heterocycles. The highest BCUT2D eigenvalue weighted by atomic mass is 32.1. The molecule has 0 aliphatic heterocycles. The predicted octanol–water partition coefficient (Wildman–Crippen LogP) is 1.88. The highest BCUT2D eigenvalue weighted by Gasteiger charge is 2.18. The topological polar surface area (TPSA) is 46.3 Å². The second-order valence-electron chi connectivity index (χ2n) is 3.41. The van der Waals surface area contributed by atoms with Crippen molar-refractivity contribution < 1.29 is 4.79 Å². The Kier molecular flexibility index (Phi) is 4.23. The number of hydrogen-bond donors (Lipinski definition) is 1. The minimum atomic E-state index is 0.0220. The summed E-state index contributed by atoms with van der Waals surface area (Å²) in [5, 5.41) is 1.89. The van der Waals surface area contributed by atoms with Crippen LogP contribution in [0.2, 0.25) is 0 Å². The number of nitrogens with zero attached hydrogens (tertiary/aromatic N) is 1. The van der Waals surface area contributed by atoms with Crippen molar-refractivity contribution in [1.82, 2.24) is 4.90 Å². The fourth-order valence-electron chi connectivity index (χ4n) is 1.20. The summed E-state index contributed by atoms with van der Waals surface area (Å²) in [4.78, 5) is 14.7. The third-order valence-electron chi connectivity index (χ3n) is 2.21. The normalized spacial score (nSPS) is 12.1. The SMILES string of the molecule is CC(CC(N)=S)N(C)C(=O)c1cccs1. The molecule has 1 aromatic rings. The number of nitrogens with two attached hydrogens (primary N) is 1. The van der Waals surface area contributed by atoms with Crippen LogP contribution in [0.4, 0.5) is 0 Å². The molecule has 0 fully saturated rings. The lowest BCUT2D eigenvalue weighted by atomic mass is 10.2. The molecule has 0 spiro atoms. The van der Waals surface area contributed by atoms with Gasteiger partial charge in [-0.05, 0) is 18.4 Å². The quantitative estimate of drug-likeness (QED) is 0.820. The fraction of sp³-hybridized carbons (Fsp3) is 0.400. The molecule has 0 aliphatic carbocycles. The smallest absolute Gasteiger partial charge is 0.263 e. The molecule has 0 bridgehead atoms. The molecule has 1 unspecified atom stereocenters. The van der Waals surface area contributed by atoms with E-state index in [1.165, 1.54) is 11.3 Å². The van der Waals surface area contributed by atoms with E-state index in [4.69, 9.17) is 18.0 Å². The lowest BCUT2D eigenvalue weighted by Crippen LogP contribution is -2.37. The summed E-state index contributed by atoms with van der Waals surface area (Å²) in [5.74, 6) is 0.0220. The number of carbonyl (C=O) groups is 1. The van der Waals surface area contributed by atoms with Gasteiger partial charge in [0.1, 0.15) is 0 Å². The molecule has 1 amide bonds. The van der Waals surface area contributed by atoms with Gasteiger partial charge in [0.2, 0.25) is 0 Å². The van der Waals surface area contributed by atoms with E-state index in [1.807, 2.05) is 24.4 Å². The van der Waals surface area contributed by atoms with Gasteiger partial charge in [-0.15, -0.1) is 11.3 Å². The first kappa shape index (κ1) is 12.1. The van der Waals surface area contributed by atoms with Gasteiger partial charge in [-0.2, -0.15) is 0 Å². The average molecular weight is 242 g/mol. The predicted molar refractivity (Wildman–Crippen MR) is 67.3 cm³/mol. The molecule has 3 nitrogen and oxygen atoms in total. The molecule has 1 atom stereocenters. The Morgan fingerprint density at radius 3 is 2.87 bits per heavy atom. The highest BCUT2D eigenvalue weighted by molar-refractivity contribution is 7.80. The number of carbonyl (C=O) groups excluding carboxylic acids is 1. The molecule has 2 N–H and O–H groups in total. The van der Waals surface area contributed by atoms with Crippen LogP contribution in [0.25, 0.3) is 0 Å². The van der Waals surface area contributed by atoms with E-state index >= 15 is 0 Å². The molecule has 5 heteroatoms. The highest BCUT2D eigenvalue weighted by Crippen LogP contribution is 2.13. The maximum Gasteiger partial charge on any atom is 0.263 e. The third-order valence-corrected chi connectivity index (χ3v) is 3.23. The van der Waals surface area contributed by atoms with Gasteiger partial charge < -0.3 is 10.6 Å². The Morgan fingerprint density at radius 1 is 1.73 bits per heavy atom. The lowest BCUT2D eigenvalue weighted by Gasteiger charge is -2.23. The van der Waals surface area contributed by atoms with Crippen molar-refractivity contribution in [2.45, 2.75) is 19.4 Å². The van der Waals surface area contributed by atoms with Gasteiger partial charge in [-0.1, -0.05) is 18.3 Å². The van der Waals surface area contributed by atoms with Crippen molar-refractivity contribution in [1.29, 1.82) is 0 Å². The lowest BCUT2D eigenvalue weighted by molar-refractivity contribution is 0.0753. The van der Waals surface area contributed by atoms with Crippen molar-refractivity contribution in [3.8, 4) is 0 Å². The molecule has 1 rings (SSSR count). The van der Waals surface area contributed by atoms with Gasteiger partial charge in [-0.25, -0.2) is 0 Å². The van der Waals surface area contributed by atoms with Crippen molar-refractivity contribution >= 4 is 34.5 Å².